The normalized spacial score (nSPS) is 18.7. The average molecular weight is 257 g/mol. The van der Waals surface area contributed by atoms with E-state index in [1.807, 2.05) is 0 Å². The Morgan fingerprint density at radius 2 is 1.89 bits per heavy atom. The number of likely N-dealkylation sites (tertiary alicyclic amines) is 1. The first kappa shape index (κ1) is 15.9. The van der Waals surface area contributed by atoms with Crippen molar-refractivity contribution in [2.75, 3.05) is 52.4 Å². The first-order chi connectivity index (χ1) is 8.76. The van der Waals surface area contributed by atoms with Gasteiger partial charge in [0, 0.05) is 13.1 Å². The number of aliphatic hydroxyl groups is 1. The zero-order valence-corrected chi connectivity index (χ0v) is 12.2. The molecule has 4 nitrogen and oxygen atoms in total. The van der Waals surface area contributed by atoms with Crippen LogP contribution in [0.3, 0.4) is 0 Å². The van der Waals surface area contributed by atoms with Crippen LogP contribution in [0.25, 0.3) is 0 Å². The number of nitrogens with zero attached hydrogens (tertiary/aromatic N) is 2. The van der Waals surface area contributed by atoms with Crippen LogP contribution in [0.15, 0.2) is 0 Å². The molecule has 2 N–H and O–H groups in total. The topological polar surface area (TPSA) is 38.7 Å². The maximum atomic E-state index is 9.90. The van der Waals surface area contributed by atoms with E-state index in [0.717, 1.165) is 45.7 Å². The number of rotatable bonds is 10. The monoisotopic (exact) mass is 257 g/mol. The zero-order chi connectivity index (χ0) is 13.2. The third-order valence-electron chi connectivity index (χ3n) is 3.77. The number of β-amino-alcohol motifs (C(OH)–C–C–N with tert-alkyl or cyclic N) is 1. The van der Waals surface area contributed by atoms with E-state index in [1.54, 1.807) is 0 Å². The third-order valence-corrected chi connectivity index (χ3v) is 3.77. The fourth-order valence-corrected chi connectivity index (χ4v) is 2.56. The molecule has 0 amide bonds. The molecule has 1 saturated heterocycles. The summed E-state index contributed by atoms with van der Waals surface area (Å²) in [5, 5.41) is 13.3. The lowest BCUT2D eigenvalue weighted by atomic mass is 10.3. The summed E-state index contributed by atoms with van der Waals surface area (Å²) >= 11 is 0. The molecule has 0 radical (unpaired) electrons. The van der Waals surface area contributed by atoms with Crippen LogP contribution in [0.1, 0.15) is 33.1 Å². The summed E-state index contributed by atoms with van der Waals surface area (Å²) in [7, 11) is 0. The zero-order valence-electron chi connectivity index (χ0n) is 12.2. The molecule has 1 atom stereocenters. The lowest BCUT2D eigenvalue weighted by molar-refractivity contribution is 0.123. The Bertz CT molecular complexity index is 191. The van der Waals surface area contributed by atoms with Crippen molar-refractivity contribution in [3.05, 3.63) is 0 Å². The summed E-state index contributed by atoms with van der Waals surface area (Å²) in [6.45, 7) is 12.7. The van der Waals surface area contributed by atoms with Gasteiger partial charge in [-0.1, -0.05) is 13.8 Å². The van der Waals surface area contributed by atoms with Gasteiger partial charge in [-0.3, -0.25) is 0 Å². The second-order valence-electron chi connectivity index (χ2n) is 5.25. The molecule has 1 fully saturated rings. The van der Waals surface area contributed by atoms with E-state index in [1.165, 1.54) is 25.9 Å². The maximum absolute atomic E-state index is 9.90. The first-order valence-corrected chi connectivity index (χ1v) is 7.59. The third kappa shape index (κ3) is 6.69. The van der Waals surface area contributed by atoms with Crippen LogP contribution in [0, 0.1) is 0 Å². The van der Waals surface area contributed by atoms with Crippen molar-refractivity contribution in [2.45, 2.75) is 39.2 Å². The highest BCUT2D eigenvalue weighted by Crippen LogP contribution is 2.07. The van der Waals surface area contributed by atoms with E-state index in [-0.39, 0.29) is 6.10 Å². The van der Waals surface area contributed by atoms with Gasteiger partial charge in [0.2, 0.25) is 0 Å². The molecular weight excluding hydrogens is 226 g/mol. The van der Waals surface area contributed by atoms with Gasteiger partial charge in [-0.05, 0) is 58.5 Å². The van der Waals surface area contributed by atoms with Gasteiger partial charge >= 0.3 is 0 Å². The number of hydrogen-bond donors (Lipinski definition) is 2. The quantitative estimate of drug-likeness (QED) is 0.567. The molecular formula is C14H31N3O. The van der Waals surface area contributed by atoms with Crippen LogP contribution in [-0.4, -0.2) is 73.4 Å². The largest absolute Gasteiger partial charge is 0.390 e. The van der Waals surface area contributed by atoms with Gasteiger partial charge in [-0.15, -0.1) is 0 Å². The minimum absolute atomic E-state index is 0.212. The lowest BCUT2D eigenvalue weighted by Gasteiger charge is -2.20. The van der Waals surface area contributed by atoms with Crippen LogP contribution in [-0.2, 0) is 0 Å². The molecule has 0 aromatic rings. The summed E-state index contributed by atoms with van der Waals surface area (Å²) in [6.07, 6.45) is 3.54. The Morgan fingerprint density at radius 3 is 2.50 bits per heavy atom. The predicted octanol–water partition coefficient (Wildman–Crippen LogP) is 0.765. The van der Waals surface area contributed by atoms with Crippen molar-refractivity contribution in [3.8, 4) is 0 Å². The minimum Gasteiger partial charge on any atom is -0.390 e. The Morgan fingerprint density at radius 1 is 1.22 bits per heavy atom. The highest BCUT2D eigenvalue weighted by molar-refractivity contribution is 4.71. The van der Waals surface area contributed by atoms with Crippen molar-refractivity contribution in [1.29, 1.82) is 0 Å². The van der Waals surface area contributed by atoms with Crippen molar-refractivity contribution < 1.29 is 5.11 Å². The SMILES string of the molecule is CCN(CC)CCCNCC(O)CN1CCCC1. The van der Waals surface area contributed by atoms with Gasteiger partial charge < -0.3 is 20.2 Å². The summed E-state index contributed by atoms with van der Waals surface area (Å²) in [6, 6.07) is 0. The molecule has 1 heterocycles. The molecule has 0 aromatic carbocycles. The van der Waals surface area contributed by atoms with Crippen molar-refractivity contribution >= 4 is 0 Å². The second-order valence-corrected chi connectivity index (χ2v) is 5.25. The first-order valence-electron chi connectivity index (χ1n) is 7.59. The molecule has 0 spiro atoms. The fourth-order valence-electron chi connectivity index (χ4n) is 2.56. The van der Waals surface area contributed by atoms with E-state index in [4.69, 9.17) is 0 Å². The summed E-state index contributed by atoms with van der Waals surface area (Å²) in [5.74, 6) is 0. The predicted molar refractivity (Wildman–Crippen MR) is 77.0 cm³/mol. The molecule has 1 unspecified atom stereocenters. The molecule has 1 rings (SSSR count). The van der Waals surface area contributed by atoms with Crippen LogP contribution in [0.2, 0.25) is 0 Å². The van der Waals surface area contributed by atoms with E-state index >= 15 is 0 Å². The maximum Gasteiger partial charge on any atom is 0.0791 e. The fraction of sp³-hybridized carbons (Fsp3) is 1.00. The molecule has 108 valence electrons. The summed E-state index contributed by atoms with van der Waals surface area (Å²) < 4.78 is 0. The minimum atomic E-state index is -0.212. The van der Waals surface area contributed by atoms with E-state index in [2.05, 4.69) is 29.0 Å². The summed E-state index contributed by atoms with van der Waals surface area (Å²) in [4.78, 5) is 4.80. The van der Waals surface area contributed by atoms with Gasteiger partial charge in [0.05, 0.1) is 6.10 Å². The van der Waals surface area contributed by atoms with E-state index in [0.29, 0.717) is 0 Å². The second kappa shape index (κ2) is 9.73. The Hall–Kier alpha value is -0.160. The van der Waals surface area contributed by atoms with E-state index < -0.39 is 0 Å². The smallest absolute Gasteiger partial charge is 0.0791 e. The number of aliphatic hydroxyl groups excluding tert-OH is 1. The van der Waals surface area contributed by atoms with E-state index in [9.17, 15) is 5.11 Å². The lowest BCUT2D eigenvalue weighted by Crippen LogP contribution is -2.37. The molecule has 0 aliphatic carbocycles. The van der Waals surface area contributed by atoms with Crippen molar-refractivity contribution in [1.82, 2.24) is 15.1 Å². The van der Waals surface area contributed by atoms with Crippen LogP contribution < -0.4 is 5.32 Å². The van der Waals surface area contributed by atoms with Gasteiger partial charge in [-0.2, -0.15) is 0 Å². The summed E-state index contributed by atoms with van der Waals surface area (Å²) in [5.41, 5.74) is 0. The Labute approximate surface area is 112 Å². The number of nitrogens with one attached hydrogen (secondary N) is 1. The molecule has 0 bridgehead atoms. The highest BCUT2D eigenvalue weighted by Gasteiger charge is 2.15. The molecule has 18 heavy (non-hydrogen) atoms. The highest BCUT2D eigenvalue weighted by atomic mass is 16.3. The van der Waals surface area contributed by atoms with Crippen molar-refractivity contribution in [2.24, 2.45) is 0 Å². The van der Waals surface area contributed by atoms with Crippen molar-refractivity contribution in [3.63, 3.8) is 0 Å². The van der Waals surface area contributed by atoms with Gasteiger partial charge in [0.1, 0.15) is 0 Å². The molecule has 1 aliphatic heterocycles. The average Bonchev–Trinajstić information content (AvgIpc) is 2.86. The van der Waals surface area contributed by atoms with Crippen LogP contribution in [0.4, 0.5) is 0 Å². The molecule has 4 heteroatoms. The molecule has 0 saturated carbocycles. The Balaban J connectivity index is 1.93. The standard InChI is InChI=1S/C14H31N3O/c1-3-16(4-2)11-7-8-15-12-14(18)13-17-9-5-6-10-17/h14-15,18H,3-13H2,1-2H3. The van der Waals surface area contributed by atoms with Gasteiger partial charge in [-0.25, -0.2) is 0 Å². The molecule has 1 aliphatic rings. The van der Waals surface area contributed by atoms with Gasteiger partial charge in [0.15, 0.2) is 0 Å². The number of hydrogen-bond acceptors (Lipinski definition) is 4. The Kier molecular flexibility index (Phi) is 8.59. The van der Waals surface area contributed by atoms with Crippen LogP contribution >= 0.6 is 0 Å². The van der Waals surface area contributed by atoms with Crippen LogP contribution in [0.5, 0.6) is 0 Å². The molecule has 0 aromatic heterocycles. The van der Waals surface area contributed by atoms with Gasteiger partial charge in [0.25, 0.3) is 0 Å².